The minimum absolute atomic E-state index is 0. The highest BCUT2D eigenvalue weighted by atomic mass is 127. The Morgan fingerprint density at radius 2 is 2.15 bits per heavy atom. The fourth-order valence-electron chi connectivity index (χ4n) is 2.50. The number of benzene rings is 1. The molecule has 0 aliphatic heterocycles. The van der Waals surface area contributed by atoms with Gasteiger partial charge in [0.1, 0.15) is 0 Å². The smallest absolute Gasteiger partial charge is 0.191 e. The minimum atomic E-state index is 0. The molecule has 0 bridgehead atoms. The van der Waals surface area contributed by atoms with E-state index in [1.807, 2.05) is 19.2 Å². The van der Waals surface area contributed by atoms with Gasteiger partial charge in [0, 0.05) is 23.5 Å². The number of halogens is 2. The number of hydrogen-bond acceptors (Lipinski definition) is 1. The van der Waals surface area contributed by atoms with Crippen LogP contribution >= 0.6 is 35.6 Å². The van der Waals surface area contributed by atoms with Crippen LogP contribution < -0.4 is 5.73 Å². The molecule has 0 unspecified atom stereocenters. The summed E-state index contributed by atoms with van der Waals surface area (Å²) in [7, 11) is 2.04. The van der Waals surface area contributed by atoms with E-state index in [0.717, 1.165) is 11.6 Å². The van der Waals surface area contributed by atoms with Crippen LogP contribution in [-0.4, -0.2) is 30.5 Å². The monoisotopic (exact) mass is 405 g/mol. The van der Waals surface area contributed by atoms with Crippen LogP contribution in [0.2, 0.25) is 5.02 Å². The van der Waals surface area contributed by atoms with E-state index >= 15 is 0 Å². The van der Waals surface area contributed by atoms with Crippen LogP contribution in [0.25, 0.3) is 0 Å². The van der Waals surface area contributed by atoms with Crippen molar-refractivity contribution in [3.8, 4) is 0 Å². The second kappa shape index (κ2) is 6.10. The molecule has 0 aromatic heterocycles. The maximum atomic E-state index is 6.07. The van der Waals surface area contributed by atoms with E-state index in [1.165, 1.54) is 31.2 Å². The molecule has 2 N–H and O–H groups in total. The van der Waals surface area contributed by atoms with Gasteiger partial charge in [0.15, 0.2) is 5.96 Å². The minimum Gasteiger partial charge on any atom is -0.370 e. The third kappa shape index (κ3) is 3.39. The zero-order chi connectivity index (χ0) is 13.5. The Hall–Kier alpha value is -0.490. The summed E-state index contributed by atoms with van der Waals surface area (Å²) in [4.78, 5) is 6.71. The van der Waals surface area contributed by atoms with Gasteiger partial charge in [-0.3, -0.25) is 4.99 Å². The topological polar surface area (TPSA) is 41.6 Å². The van der Waals surface area contributed by atoms with Crippen molar-refractivity contribution in [1.82, 2.24) is 4.90 Å². The lowest BCUT2D eigenvalue weighted by Crippen LogP contribution is -2.36. The van der Waals surface area contributed by atoms with Crippen molar-refractivity contribution >= 4 is 41.5 Å². The Labute approximate surface area is 142 Å². The molecule has 0 heterocycles. The first-order valence-electron chi connectivity index (χ1n) is 6.90. The molecule has 5 heteroatoms. The summed E-state index contributed by atoms with van der Waals surface area (Å²) in [5.41, 5.74) is 7.53. The second-order valence-corrected chi connectivity index (χ2v) is 6.24. The van der Waals surface area contributed by atoms with Gasteiger partial charge in [-0.05, 0) is 43.4 Å². The summed E-state index contributed by atoms with van der Waals surface area (Å²) in [5, 5.41) is 0.802. The van der Waals surface area contributed by atoms with Crippen molar-refractivity contribution in [1.29, 1.82) is 0 Å². The summed E-state index contributed by atoms with van der Waals surface area (Å²) in [6.45, 7) is 0.774. The molecule has 2 aliphatic rings. The molecule has 1 aromatic rings. The van der Waals surface area contributed by atoms with Gasteiger partial charge in [-0.2, -0.15) is 0 Å². The molecule has 3 nitrogen and oxygen atoms in total. The summed E-state index contributed by atoms with van der Waals surface area (Å²) >= 11 is 6.07. The van der Waals surface area contributed by atoms with Crippen LogP contribution in [0.5, 0.6) is 0 Å². The van der Waals surface area contributed by atoms with Gasteiger partial charge >= 0.3 is 0 Å². The molecule has 2 saturated carbocycles. The van der Waals surface area contributed by atoms with E-state index in [9.17, 15) is 0 Å². The van der Waals surface area contributed by atoms with E-state index < -0.39 is 0 Å². The first-order chi connectivity index (χ1) is 9.11. The molecule has 110 valence electrons. The second-order valence-electron chi connectivity index (χ2n) is 5.81. The molecule has 20 heavy (non-hydrogen) atoms. The molecule has 0 radical (unpaired) electrons. The molecule has 1 aromatic carbocycles. The van der Waals surface area contributed by atoms with Gasteiger partial charge in [0.2, 0.25) is 0 Å². The number of rotatable bonds is 4. The summed E-state index contributed by atoms with van der Waals surface area (Å²) < 4.78 is 0. The van der Waals surface area contributed by atoms with Crippen molar-refractivity contribution in [2.45, 2.75) is 37.1 Å². The normalized spacial score (nSPS) is 20.2. The highest BCUT2D eigenvalue weighted by Gasteiger charge is 2.44. The predicted molar refractivity (Wildman–Crippen MR) is 95.1 cm³/mol. The number of nitrogens with zero attached hydrogens (tertiary/aromatic N) is 2. The van der Waals surface area contributed by atoms with Crippen molar-refractivity contribution < 1.29 is 0 Å². The van der Waals surface area contributed by atoms with Gasteiger partial charge in [-0.15, -0.1) is 24.0 Å². The van der Waals surface area contributed by atoms with Crippen molar-refractivity contribution in [2.75, 3.05) is 13.6 Å². The molecular weight excluding hydrogens is 385 g/mol. The maximum absolute atomic E-state index is 6.07. The van der Waals surface area contributed by atoms with E-state index in [1.54, 1.807) is 0 Å². The van der Waals surface area contributed by atoms with E-state index in [-0.39, 0.29) is 29.4 Å². The fourth-order valence-corrected chi connectivity index (χ4v) is 2.69. The molecule has 3 rings (SSSR count). The van der Waals surface area contributed by atoms with Crippen LogP contribution in [0, 0.1) is 0 Å². The third-order valence-electron chi connectivity index (χ3n) is 4.29. The Kier molecular flexibility index (Phi) is 4.84. The summed E-state index contributed by atoms with van der Waals surface area (Å²) in [5.74, 6) is 0.677. The van der Waals surface area contributed by atoms with Crippen LogP contribution in [-0.2, 0) is 5.41 Å². The van der Waals surface area contributed by atoms with E-state index in [4.69, 9.17) is 17.3 Å². The fraction of sp³-hybridized carbons (Fsp3) is 0.533. The first kappa shape index (κ1) is 15.9. The molecule has 0 amide bonds. The van der Waals surface area contributed by atoms with Crippen molar-refractivity contribution in [2.24, 2.45) is 10.7 Å². The lowest BCUT2D eigenvalue weighted by atomic mass is 9.96. The average molecular weight is 406 g/mol. The number of hydrogen-bond donors (Lipinski definition) is 1. The van der Waals surface area contributed by atoms with Crippen molar-refractivity contribution in [3.63, 3.8) is 0 Å². The molecule has 0 saturated heterocycles. The molecule has 0 atom stereocenters. The van der Waals surface area contributed by atoms with Gasteiger partial charge < -0.3 is 10.6 Å². The lowest BCUT2D eigenvalue weighted by molar-refractivity contribution is 0.485. The third-order valence-corrected chi connectivity index (χ3v) is 4.53. The van der Waals surface area contributed by atoms with Gasteiger partial charge in [-0.1, -0.05) is 23.7 Å². The number of nitrogens with two attached hydrogens (primary N) is 1. The summed E-state index contributed by atoms with van der Waals surface area (Å²) in [6.07, 6.45) is 4.84. The standard InChI is InChI=1S/C15H20ClN3.HI/c1-19(13-5-6-13)14(17)18-10-15(7-8-15)11-3-2-4-12(16)9-11;/h2-4,9,13H,5-8,10H2,1H3,(H2,17,18);1H. The molecule has 2 aliphatic carbocycles. The maximum Gasteiger partial charge on any atom is 0.191 e. The van der Waals surface area contributed by atoms with Crippen molar-refractivity contribution in [3.05, 3.63) is 34.9 Å². The highest BCUT2D eigenvalue weighted by molar-refractivity contribution is 14.0. The number of guanidine groups is 1. The zero-order valence-corrected chi connectivity index (χ0v) is 14.8. The molecule has 0 spiro atoms. The Balaban J connectivity index is 0.00000147. The van der Waals surface area contributed by atoms with E-state index in [0.29, 0.717) is 12.0 Å². The van der Waals surface area contributed by atoms with Crippen LogP contribution in [0.3, 0.4) is 0 Å². The largest absolute Gasteiger partial charge is 0.370 e. The van der Waals surface area contributed by atoms with E-state index in [2.05, 4.69) is 22.0 Å². The van der Waals surface area contributed by atoms with Gasteiger partial charge in [0.05, 0.1) is 6.54 Å². The lowest BCUT2D eigenvalue weighted by Gasteiger charge is -2.19. The Morgan fingerprint density at radius 1 is 1.45 bits per heavy atom. The van der Waals surface area contributed by atoms with Crippen LogP contribution in [0.15, 0.2) is 29.3 Å². The zero-order valence-electron chi connectivity index (χ0n) is 11.7. The highest BCUT2D eigenvalue weighted by Crippen LogP contribution is 2.48. The Morgan fingerprint density at radius 3 is 2.70 bits per heavy atom. The molecule has 2 fully saturated rings. The summed E-state index contributed by atoms with van der Waals surface area (Å²) in [6, 6.07) is 8.76. The van der Waals surface area contributed by atoms with Crippen LogP contribution in [0.1, 0.15) is 31.2 Å². The SMILES string of the molecule is CN(C(N)=NCC1(c2cccc(Cl)c2)CC1)C1CC1.I. The quantitative estimate of drug-likeness (QED) is 0.474. The van der Waals surface area contributed by atoms with Gasteiger partial charge in [-0.25, -0.2) is 0 Å². The number of aliphatic imine (C=N–C) groups is 1. The van der Waals surface area contributed by atoms with Gasteiger partial charge in [0.25, 0.3) is 0 Å². The van der Waals surface area contributed by atoms with Crippen LogP contribution in [0.4, 0.5) is 0 Å². The first-order valence-corrected chi connectivity index (χ1v) is 7.27. The molecular formula is C15H21ClIN3. The Bertz CT molecular complexity index is 510. The predicted octanol–water partition coefficient (Wildman–Crippen LogP) is 3.40. The average Bonchev–Trinajstić information content (AvgIpc) is 3.29.